The Morgan fingerprint density at radius 3 is 1.94 bits per heavy atom. The average molecular weight is 449 g/mol. The van der Waals surface area contributed by atoms with E-state index in [0.29, 0.717) is 5.92 Å². The molecule has 0 spiro atoms. The number of fused-ring (bicyclic) bond motifs is 3. The number of hydrogen-bond acceptors (Lipinski definition) is 3. The van der Waals surface area contributed by atoms with E-state index in [2.05, 4.69) is 115 Å². The summed E-state index contributed by atoms with van der Waals surface area (Å²) in [7, 11) is 0. The van der Waals surface area contributed by atoms with Crippen molar-refractivity contribution in [2.45, 2.75) is 46.8 Å². The molecule has 0 radical (unpaired) electrons. The number of anilines is 1. The Morgan fingerprint density at radius 1 is 0.765 bits per heavy atom. The van der Waals surface area contributed by atoms with E-state index >= 15 is 0 Å². The minimum Gasteiger partial charge on any atom is -0.346 e. The molecule has 0 N–H and O–H groups in total. The van der Waals surface area contributed by atoms with Gasteiger partial charge in [0.2, 0.25) is 0 Å². The number of benzene rings is 3. The van der Waals surface area contributed by atoms with Gasteiger partial charge in [-0.1, -0.05) is 99.6 Å². The van der Waals surface area contributed by atoms with Gasteiger partial charge >= 0.3 is 0 Å². The van der Waals surface area contributed by atoms with E-state index < -0.39 is 0 Å². The number of aryl methyl sites for hydroxylation is 1. The van der Waals surface area contributed by atoms with Crippen molar-refractivity contribution < 1.29 is 0 Å². The van der Waals surface area contributed by atoms with Crippen LogP contribution in [0.2, 0.25) is 0 Å². The SMILES string of the molecule is CCc1nc2c(N(Cc3ccccc3)Cc3ccccc3)nc3ccccc3c2n1CC(C)C. The third-order valence-electron chi connectivity index (χ3n) is 6.24. The van der Waals surface area contributed by atoms with E-state index in [1.54, 1.807) is 0 Å². The van der Waals surface area contributed by atoms with Crippen LogP contribution in [0.1, 0.15) is 37.7 Å². The second kappa shape index (κ2) is 9.68. The topological polar surface area (TPSA) is 34.0 Å². The highest BCUT2D eigenvalue weighted by molar-refractivity contribution is 6.07. The third kappa shape index (κ3) is 4.41. The summed E-state index contributed by atoms with van der Waals surface area (Å²) < 4.78 is 2.43. The van der Waals surface area contributed by atoms with Crippen LogP contribution in [0.4, 0.5) is 5.82 Å². The molecule has 0 aliphatic heterocycles. The molecule has 34 heavy (non-hydrogen) atoms. The van der Waals surface area contributed by atoms with Gasteiger partial charge in [-0.05, 0) is 23.1 Å². The molecule has 3 aromatic carbocycles. The smallest absolute Gasteiger partial charge is 0.158 e. The predicted octanol–water partition coefficient (Wildman–Crippen LogP) is 7.01. The van der Waals surface area contributed by atoms with Gasteiger partial charge in [0.05, 0.1) is 11.0 Å². The molecule has 0 aliphatic carbocycles. The molecular weight excluding hydrogens is 416 g/mol. The summed E-state index contributed by atoms with van der Waals surface area (Å²) in [6, 6.07) is 29.8. The Balaban J connectivity index is 1.74. The standard InChI is InChI=1S/C30H32N4/c1-4-27-32-28-29(34(27)19-22(2)3)25-17-11-12-18-26(25)31-30(28)33(20-23-13-7-5-8-14-23)21-24-15-9-6-10-16-24/h5-18,22H,4,19-21H2,1-3H3. The quantitative estimate of drug-likeness (QED) is 0.256. The van der Waals surface area contributed by atoms with Crippen LogP contribution in [0, 0.1) is 5.92 Å². The molecule has 5 rings (SSSR count). The number of para-hydroxylation sites is 1. The van der Waals surface area contributed by atoms with Crippen LogP contribution < -0.4 is 4.90 Å². The summed E-state index contributed by atoms with van der Waals surface area (Å²) in [6.45, 7) is 9.23. The molecule has 4 heteroatoms. The lowest BCUT2D eigenvalue weighted by Gasteiger charge is -2.25. The highest BCUT2D eigenvalue weighted by Gasteiger charge is 2.22. The van der Waals surface area contributed by atoms with Gasteiger partial charge in [-0.3, -0.25) is 0 Å². The second-order valence-electron chi connectivity index (χ2n) is 9.36. The van der Waals surface area contributed by atoms with Crippen LogP contribution in [-0.2, 0) is 26.1 Å². The van der Waals surface area contributed by atoms with Gasteiger partial charge in [-0.2, -0.15) is 0 Å². The van der Waals surface area contributed by atoms with E-state index in [0.717, 1.165) is 48.7 Å². The highest BCUT2D eigenvalue weighted by atomic mass is 15.2. The zero-order valence-electron chi connectivity index (χ0n) is 20.3. The number of hydrogen-bond donors (Lipinski definition) is 0. The van der Waals surface area contributed by atoms with Crippen LogP contribution in [0.15, 0.2) is 84.9 Å². The molecule has 0 fully saturated rings. The van der Waals surface area contributed by atoms with E-state index in [9.17, 15) is 0 Å². The van der Waals surface area contributed by atoms with Crippen LogP contribution in [0.25, 0.3) is 21.9 Å². The summed E-state index contributed by atoms with van der Waals surface area (Å²) in [5.41, 5.74) is 5.75. The van der Waals surface area contributed by atoms with Gasteiger partial charge in [-0.25, -0.2) is 9.97 Å². The molecule has 0 atom stereocenters. The summed E-state index contributed by atoms with van der Waals surface area (Å²) in [5.74, 6) is 2.61. The maximum Gasteiger partial charge on any atom is 0.158 e. The predicted molar refractivity (Wildman–Crippen MR) is 142 cm³/mol. The van der Waals surface area contributed by atoms with Gasteiger partial charge in [-0.15, -0.1) is 0 Å². The van der Waals surface area contributed by atoms with Gasteiger partial charge < -0.3 is 9.47 Å². The largest absolute Gasteiger partial charge is 0.346 e. The van der Waals surface area contributed by atoms with Crippen molar-refractivity contribution in [1.82, 2.24) is 14.5 Å². The Hall–Kier alpha value is -3.66. The van der Waals surface area contributed by atoms with E-state index in [1.165, 1.54) is 22.0 Å². The zero-order chi connectivity index (χ0) is 23.5. The molecule has 2 aromatic heterocycles. The lowest BCUT2D eigenvalue weighted by molar-refractivity contribution is 0.519. The number of imidazole rings is 1. The normalized spacial score (nSPS) is 11.5. The van der Waals surface area contributed by atoms with Crippen LogP contribution in [0.3, 0.4) is 0 Å². The lowest BCUT2D eigenvalue weighted by Crippen LogP contribution is -2.23. The van der Waals surface area contributed by atoms with Crippen LogP contribution in [0.5, 0.6) is 0 Å². The van der Waals surface area contributed by atoms with Crippen LogP contribution in [-0.4, -0.2) is 14.5 Å². The van der Waals surface area contributed by atoms with E-state index in [1.807, 2.05) is 0 Å². The molecule has 0 saturated heterocycles. The van der Waals surface area contributed by atoms with Crippen molar-refractivity contribution >= 4 is 27.8 Å². The molecule has 5 aromatic rings. The second-order valence-corrected chi connectivity index (χ2v) is 9.36. The molecule has 0 bridgehead atoms. The van der Waals surface area contributed by atoms with Gasteiger partial charge in [0.15, 0.2) is 5.82 Å². The molecular formula is C30H32N4. The first-order valence-corrected chi connectivity index (χ1v) is 12.2. The summed E-state index contributed by atoms with van der Waals surface area (Å²) in [4.78, 5) is 12.8. The van der Waals surface area contributed by atoms with E-state index in [-0.39, 0.29) is 0 Å². The third-order valence-corrected chi connectivity index (χ3v) is 6.24. The minimum absolute atomic E-state index is 0.530. The van der Waals surface area contributed by atoms with Gasteiger partial charge in [0, 0.05) is 31.4 Å². The van der Waals surface area contributed by atoms with Crippen molar-refractivity contribution in [2.75, 3.05) is 4.90 Å². The summed E-state index contributed by atoms with van der Waals surface area (Å²) in [5, 5.41) is 1.17. The Morgan fingerprint density at radius 2 is 1.35 bits per heavy atom. The van der Waals surface area contributed by atoms with Crippen molar-refractivity contribution in [3.8, 4) is 0 Å². The van der Waals surface area contributed by atoms with Crippen molar-refractivity contribution in [3.05, 3.63) is 102 Å². The fourth-order valence-electron chi connectivity index (χ4n) is 4.73. The Kier molecular flexibility index (Phi) is 6.31. The fourth-order valence-corrected chi connectivity index (χ4v) is 4.73. The molecule has 4 nitrogen and oxygen atoms in total. The maximum absolute atomic E-state index is 5.21. The average Bonchev–Trinajstić information content (AvgIpc) is 3.22. The number of pyridine rings is 1. The monoisotopic (exact) mass is 448 g/mol. The van der Waals surface area contributed by atoms with Gasteiger partial charge in [0.25, 0.3) is 0 Å². The Labute approximate surface area is 201 Å². The summed E-state index contributed by atoms with van der Waals surface area (Å²) >= 11 is 0. The molecule has 0 aliphatic rings. The first-order valence-electron chi connectivity index (χ1n) is 12.2. The zero-order valence-corrected chi connectivity index (χ0v) is 20.3. The molecule has 2 heterocycles. The molecule has 0 amide bonds. The highest BCUT2D eigenvalue weighted by Crippen LogP contribution is 2.34. The van der Waals surface area contributed by atoms with Crippen LogP contribution >= 0.6 is 0 Å². The number of nitrogens with zero attached hydrogens (tertiary/aromatic N) is 4. The van der Waals surface area contributed by atoms with Crippen molar-refractivity contribution in [1.29, 1.82) is 0 Å². The molecule has 172 valence electrons. The Bertz CT molecular complexity index is 1350. The maximum atomic E-state index is 5.21. The first-order chi connectivity index (χ1) is 16.6. The first kappa shape index (κ1) is 22.1. The van der Waals surface area contributed by atoms with Gasteiger partial charge in [0.1, 0.15) is 11.3 Å². The molecule has 0 unspecified atom stereocenters. The summed E-state index contributed by atoms with van der Waals surface area (Å²) in [6.07, 6.45) is 0.895. The van der Waals surface area contributed by atoms with E-state index in [4.69, 9.17) is 9.97 Å². The fraction of sp³-hybridized carbons (Fsp3) is 0.267. The lowest BCUT2D eigenvalue weighted by atomic mass is 10.1. The van der Waals surface area contributed by atoms with Crippen molar-refractivity contribution in [2.24, 2.45) is 5.92 Å². The number of rotatable bonds is 8. The molecule has 0 saturated carbocycles. The number of aromatic nitrogens is 3. The minimum atomic E-state index is 0.530. The van der Waals surface area contributed by atoms with Crippen molar-refractivity contribution in [3.63, 3.8) is 0 Å².